The Kier molecular flexibility index (Phi) is 4.57. The predicted molar refractivity (Wildman–Crippen MR) is 75.5 cm³/mol. The number of hydrogen-bond acceptors (Lipinski definition) is 5. The lowest BCUT2D eigenvalue weighted by Crippen LogP contribution is -2.20. The van der Waals surface area contributed by atoms with Gasteiger partial charge in [-0.1, -0.05) is 0 Å². The number of aryl methyl sites for hydroxylation is 1. The van der Waals surface area contributed by atoms with Crippen molar-refractivity contribution in [1.29, 1.82) is 0 Å². The lowest BCUT2D eigenvalue weighted by Gasteiger charge is -2.18. The molecule has 0 radical (unpaired) electrons. The Morgan fingerprint density at radius 3 is 2.84 bits per heavy atom. The molecule has 2 aromatic heterocycles. The van der Waals surface area contributed by atoms with Crippen LogP contribution in [0.4, 0.5) is 0 Å². The number of ether oxygens (including phenoxy) is 1. The molecule has 0 aliphatic carbocycles. The number of thiophene rings is 1. The second-order valence-corrected chi connectivity index (χ2v) is 5.58. The van der Waals surface area contributed by atoms with E-state index in [4.69, 9.17) is 4.74 Å². The van der Waals surface area contributed by atoms with Crippen LogP contribution in [0.15, 0.2) is 23.7 Å². The first kappa shape index (κ1) is 14.0. The van der Waals surface area contributed by atoms with Crippen LogP contribution in [0.25, 0.3) is 0 Å². The fourth-order valence-corrected chi connectivity index (χ4v) is 2.61. The Morgan fingerprint density at radius 1 is 1.53 bits per heavy atom. The molecule has 6 heteroatoms. The zero-order chi connectivity index (χ0) is 13.8. The Labute approximate surface area is 117 Å². The van der Waals surface area contributed by atoms with E-state index in [0.717, 1.165) is 17.1 Å². The standard InChI is InChI=1S/C13H19N3O2S/c1-15(2)6-7-18-13(11-4-5-14-16(11)3)12-8-10(17)9-19-12/h4-5,8-9,13,17H,6-7H2,1-3H3. The second kappa shape index (κ2) is 6.18. The third kappa shape index (κ3) is 3.56. The molecule has 1 N–H and O–H groups in total. The van der Waals surface area contributed by atoms with Crippen LogP contribution in [0.3, 0.4) is 0 Å². The van der Waals surface area contributed by atoms with Gasteiger partial charge >= 0.3 is 0 Å². The summed E-state index contributed by atoms with van der Waals surface area (Å²) in [5.41, 5.74) is 0.987. The lowest BCUT2D eigenvalue weighted by molar-refractivity contribution is 0.0659. The summed E-state index contributed by atoms with van der Waals surface area (Å²) in [5.74, 6) is 0.281. The van der Waals surface area contributed by atoms with Crippen molar-refractivity contribution in [3.05, 3.63) is 34.3 Å². The molecule has 1 atom stereocenters. The molecule has 0 saturated carbocycles. The highest BCUT2D eigenvalue weighted by molar-refractivity contribution is 7.10. The third-order valence-electron chi connectivity index (χ3n) is 2.81. The summed E-state index contributed by atoms with van der Waals surface area (Å²) in [6, 6.07) is 3.69. The van der Waals surface area contributed by atoms with Gasteiger partial charge in [0.1, 0.15) is 11.9 Å². The van der Waals surface area contributed by atoms with Crippen molar-refractivity contribution in [2.45, 2.75) is 6.10 Å². The van der Waals surface area contributed by atoms with Crippen LogP contribution in [0.5, 0.6) is 5.75 Å². The predicted octanol–water partition coefficient (Wildman–Crippen LogP) is 1.85. The molecule has 0 aliphatic heterocycles. The summed E-state index contributed by atoms with van der Waals surface area (Å²) in [6.45, 7) is 1.48. The van der Waals surface area contributed by atoms with Gasteiger partial charge in [-0.15, -0.1) is 11.3 Å². The van der Waals surface area contributed by atoms with E-state index in [1.807, 2.05) is 27.2 Å². The van der Waals surface area contributed by atoms with Gasteiger partial charge in [0, 0.05) is 30.0 Å². The highest BCUT2D eigenvalue weighted by Crippen LogP contribution is 2.32. The van der Waals surface area contributed by atoms with Gasteiger partial charge in [0.2, 0.25) is 0 Å². The van der Waals surface area contributed by atoms with Crippen LogP contribution in [0.1, 0.15) is 16.7 Å². The first-order valence-corrected chi connectivity index (χ1v) is 6.97. The maximum Gasteiger partial charge on any atom is 0.133 e. The fourth-order valence-electron chi connectivity index (χ4n) is 1.79. The van der Waals surface area contributed by atoms with E-state index in [0.29, 0.717) is 6.61 Å². The van der Waals surface area contributed by atoms with Gasteiger partial charge in [-0.2, -0.15) is 5.10 Å². The zero-order valence-electron chi connectivity index (χ0n) is 11.4. The van der Waals surface area contributed by atoms with Crippen LogP contribution in [0.2, 0.25) is 0 Å². The van der Waals surface area contributed by atoms with Crippen molar-refractivity contribution >= 4 is 11.3 Å². The van der Waals surface area contributed by atoms with E-state index in [1.165, 1.54) is 11.3 Å². The van der Waals surface area contributed by atoms with Crippen molar-refractivity contribution < 1.29 is 9.84 Å². The molecule has 0 fully saturated rings. The Balaban J connectivity index is 2.16. The first-order chi connectivity index (χ1) is 9.08. The normalized spacial score (nSPS) is 13.1. The minimum absolute atomic E-state index is 0.182. The molecule has 19 heavy (non-hydrogen) atoms. The number of rotatable bonds is 6. The van der Waals surface area contributed by atoms with Gasteiger partial charge in [-0.25, -0.2) is 0 Å². The van der Waals surface area contributed by atoms with Crippen molar-refractivity contribution in [2.24, 2.45) is 7.05 Å². The number of aromatic nitrogens is 2. The van der Waals surface area contributed by atoms with Crippen LogP contribution in [0, 0.1) is 0 Å². The second-order valence-electron chi connectivity index (χ2n) is 4.64. The largest absolute Gasteiger partial charge is 0.507 e. The van der Waals surface area contributed by atoms with Crippen LogP contribution in [-0.4, -0.2) is 47.0 Å². The van der Waals surface area contributed by atoms with E-state index in [2.05, 4.69) is 10.00 Å². The van der Waals surface area contributed by atoms with Crippen LogP contribution < -0.4 is 0 Å². The maximum absolute atomic E-state index is 9.51. The van der Waals surface area contributed by atoms with Gasteiger partial charge < -0.3 is 14.7 Å². The number of aromatic hydroxyl groups is 1. The van der Waals surface area contributed by atoms with Crippen molar-refractivity contribution in [1.82, 2.24) is 14.7 Å². The van der Waals surface area contributed by atoms with E-state index in [-0.39, 0.29) is 11.9 Å². The molecule has 0 amide bonds. The average Bonchev–Trinajstić information content (AvgIpc) is 2.94. The Hall–Kier alpha value is -1.37. The number of hydrogen-bond donors (Lipinski definition) is 1. The molecule has 2 rings (SSSR count). The summed E-state index contributed by atoms with van der Waals surface area (Å²) in [5, 5.41) is 15.4. The quantitative estimate of drug-likeness (QED) is 0.878. The van der Waals surface area contributed by atoms with E-state index < -0.39 is 0 Å². The van der Waals surface area contributed by atoms with Crippen molar-refractivity contribution in [3.63, 3.8) is 0 Å². The third-order valence-corrected chi connectivity index (χ3v) is 3.78. The molecule has 104 valence electrons. The molecule has 0 bridgehead atoms. The Bertz CT molecular complexity index is 521. The molecule has 5 nitrogen and oxygen atoms in total. The minimum atomic E-state index is -0.182. The summed E-state index contributed by atoms with van der Waals surface area (Å²) >= 11 is 1.49. The van der Waals surface area contributed by atoms with Crippen LogP contribution >= 0.6 is 11.3 Å². The smallest absolute Gasteiger partial charge is 0.133 e. The van der Waals surface area contributed by atoms with Crippen LogP contribution in [-0.2, 0) is 11.8 Å². The van der Waals surface area contributed by atoms with E-state index in [1.54, 1.807) is 22.3 Å². The molecular weight excluding hydrogens is 262 g/mol. The van der Waals surface area contributed by atoms with Gasteiger partial charge in [0.15, 0.2) is 0 Å². The molecule has 0 aromatic carbocycles. The van der Waals surface area contributed by atoms with E-state index >= 15 is 0 Å². The van der Waals surface area contributed by atoms with Gasteiger partial charge in [-0.05, 0) is 26.2 Å². The molecule has 1 unspecified atom stereocenters. The topological polar surface area (TPSA) is 50.5 Å². The molecule has 2 heterocycles. The summed E-state index contributed by atoms with van der Waals surface area (Å²) in [7, 11) is 5.92. The zero-order valence-corrected chi connectivity index (χ0v) is 12.2. The van der Waals surface area contributed by atoms with Gasteiger partial charge in [-0.3, -0.25) is 4.68 Å². The van der Waals surface area contributed by atoms with Gasteiger partial charge in [0.25, 0.3) is 0 Å². The molecule has 0 saturated heterocycles. The minimum Gasteiger partial charge on any atom is -0.507 e. The first-order valence-electron chi connectivity index (χ1n) is 6.09. The number of likely N-dealkylation sites (N-methyl/N-ethyl adjacent to an activating group) is 1. The highest BCUT2D eigenvalue weighted by Gasteiger charge is 2.20. The summed E-state index contributed by atoms with van der Waals surface area (Å²) in [6.07, 6.45) is 1.57. The van der Waals surface area contributed by atoms with E-state index in [9.17, 15) is 5.11 Å². The molecule has 0 aliphatic rings. The SMILES string of the molecule is CN(C)CCOC(c1cc(O)cs1)c1ccnn1C. The average molecular weight is 281 g/mol. The number of nitrogens with zero attached hydrogens (tertiary/aromatic N) is 3. The van der Waals surface area contributed by atoms with Crippen molar-refractivity contribution in [3.8, 4) is 5.75 Å². The highest BCUT2D eigenvalue weighted by atomic mass is 32.1. The maximum atomic E-state index is 9.51. The van der Waals surface area contributed by atoms with Gasteiger partial charge in [0.05, 0.1) is 12.3 Å². The molecular formula is C13H19N3O2S. The molecule has 0 spiro atoms. The lowest BCUT2D eigenvalue weighted by atomic mass is 10.2. The van der Waals surface area contributed by atoms with Crippen molar-refractivity contribution in [2.75, 3.05) is 27.2 Å². The fraction of sp³-hybridized carbons (Fsp3) is 0.462. The monoisotopic (exact) mass is 281 g/mol. The Morgan fingerprint density at radius 2 is 2.32 bits per heavy atom. The molecule has 2 aromatic rings. The summed E-state index contributed by atoms with van der Waals surface area (Å²) < 4.78 is 7.78. The summed E-state index contributed by atoms with van der Waals surface area (Å²) in [4.78, 5) is 3.06.